The lowest BCUT2D eigenvalue weighted by atomic mass is 10.0. The van der Waals surface area contributed by atoms with Gasteiger partial charge in [0.25, 0.3) is 0 Å². The summed E-state index contributed by atoms with van der Waals surface area (Å²) in [7, 11) is 0. The van der Waals surface area contributed by atoms with E-state index in [-0.39, 0.29) is 25.9 Å². The summed E-state index contributed by atoms with van der Waals surface area (Å²) in [5, 5.41) is 23.4. The molecule has 2 aliphatic heterocycles. The lowest BCUT2D eigenvalue weighted by molar-refractivity contribution is -0.137. The molecule has 4 N–H and O–H groups in total. The number of rotatable bonds is 12. The standard InChI is InChI=1S/C26H27FN8O6/c27-20-9-16(35-14-18(40-26(35)39)13-34-8-7-31-33-34)2-3-19(20)15-1-4-21(29-11-15)23-10-17(41-32-23)12-30-22(25(28)38)5-6-24(36)37/h1-4,7-9,11,17-18,22,30H,5-6,10,12-14H2,(H2,28,38)(H,36,37)/t17-,18-,22-/m0/s1. The highest BCUT2D eigenvalue weighted by Crippen LogP contribution is 2.29. The van der Waals surface area contributed by atoms with Crippen LogP contribution in [0.5, 0.6) is 0 Å². The van der Waals surface area contributed by atoms with Gasteiger partial charge >= 0.3 is 12.1 Å². The molecule has 3 aromatic rings. The summed E-state index contributed by atoms with van der Waals surface area (Å²) < 4.78 is 22.1. The van der Waals surface area contributed by atoms with Gasteiger partial charge in [0.05, 0.1) is 36.7 Å². The van der Waals surface area contributed by atoms with Crippen molar-refractivity contribution in [2.45, 2.75) is 44.1 Å². The molecule has 4 heterocycles. The number of carbonyl (C=O) groups is 3. The van der Waals surface area contributed by atoms with E-state index in [1.165, 1.54) is 23.4 Å². The van der Waals surface area contributed by atoms with Crippen LogP contribution in [-0.2, 0) is 25.7 Å². The minimum Gasteiger partial charge on any atom is -0.481 e. The van der Waals surface area contributed by atoms with E-state index < -0.39 is 42.0 Å². The molecule has 15 heteroatoms. The normalized spacial score (nSPS) is 19.0. The molecule has 14 nitrogen and oxygen atoms in total. The van der Waals surface area contributed by atoms with Crippen LogP contribution in [0.3, 0.4) is 0 Å². The van der Waals surface area contributed by atoms with Gasteiger partial charge in [0, 0.05) is 42.9 Å². The molecule has 2 aliphatic rings. The summed E-state index contributed by atoms with van der Waals surface area (Å²) in [6.07, 6.45) is 3.60. The molecule has 0 bridgehead atoms. The van der Waals surface area contributed by atoms with Gasteiger partial charge in [0.1, 0.15) is 23.7 Å². The number of amides is 2. The number of carboxylic acid groups (broad SMARTS) is 1. The van der Waals surface area contributed by atoms with Crippen molar-refractivity contribution < 1.29 is 33.5 Å². The molecule has 0 aliphatic carbocycles. The number of nitrogens with one attached hydrogen (secondary N) is 1. The third-order valence-corrected chi connectivity index (χ3v) is 6.69. The predicted octanol–water partition coefficient (Wildman–Crippen LogP) is 1.31. The van der Waals surface area contributed by atoms with Gasteiger partial charge in [-0.25, -0.2) is 13.9 Å². The van der Waals surface area contributed by atoms with Crippen molar-refractivity contribution in [2.75, 3.05) is 18.0 Å². The van der Waals surface area contributed by atoms with Gasteiger partial charge in [0.2, 0.25) is 5.91 Å². The van der Waals surface area contributed by atoms with Crippen LogP contribution in [0.1, 0.15) is 25.0 Å². The van der Waals surface area contributed by atoms with Gasteiger partial charge in [-0.2, -0.15) is 0 Å². The van der Waals surface area contributed by atoms with Gasteiger partial charge in [-0.15, -0.1) is 5.10 Å². The number of hydrogen-bond donors (Lipinski definition) is 3. The van der Waals surface area contributed by atoms with Gasteiger partial charge in [-0.1, -0.05) is 16.4 Å². The highest BCUT2D eigenvalue weighted by molar-refractivity contribution is 5.99. The van der Waals surface area contributed by atoms with E-state index in [2.05, 4.69) is 25.8 Å². The third-order valence-electron chi connectivity index (χ3n) is 6.69. The van der Waals surface area contributed by atoms with E-state index in [1.54, 1.807) is 35.1 Å². The second kappa shape index (κ2) is 12.1. The lowest BCUT2D eigenvalue weighted by Crippen LogP contribution is -2.44. The number of benzene rings is 1. The van der Waals surface area contributed by atoms with Crippen LogP contribution in [0.2, 0.25) is 0 Å². The number of aliphatic carboxylic acids is 1. The maximum absolute atomic E-state index is 15.1. The average Bonchev–Trinajstić information content (AvgIpc) is 3.71. The summed E-state index contributed by atoms with van der Waals surface area (Å²) >= 11 is 0. The Balaban J connectivity index is 1.17. The van der Waals surface area contributed by atoms with E-state index in [9.17, 15) is 14.4 Å². The minimum atomic E-state index is -1.02. The van der Waals surface area contributed by atoms with Crippen molar-refractivity contribution in [1.29, 1.82) is 0 Å². The number of halogens is 1. The molecule has 0 radical (unpaired) electrons. The molecular formula is C26H27FN8O6. The molecule has 214 valence electrons. The Morgan fingerprint density at radius 1 is 1.24 bits per heavy atom. The molecule has 5 rings (SSSR count). The molecule has 2 amide bonds. The second-order valence-electron chi connectivity index (χ2n) is 9.60. The third kappa shape index (κ3) is 6.63. The molecule has 3 atom stereocenters. The van der Waals surface area contributed by atoms with Gasteiger partial charge in [-0.3, -0.25) is 19.5 Å². The van der Waals surface area contributed by atoms with Gasteiger partial charge in [0.15, 0.2) is 0 Å². The molecule has 0 spiro atoms. The number of anilines is 1. The average molecular weight is 567 g/mol. The smallest absolute Gasteiger partial charge is 0.414 e. The molecule has 41 heavy (non-hydrogen) atoms. The fraction of sp³-hybridized carbons (Fsp3) is 0.346. The maximum Gasteiger partial charge on any atom is 0.414 e. The van der Waals surface area contributed by atoms with Crippen LogP contribution < -0.4 is 16.0 Å². The van der Waals surface area contributed by atoms with Crippen molar-refractivity contribution in [2.24, 2.45) is 10.9 Å². The Kier molecular flexibility index (Phi) is 8.14. The fourth-order valence-electron chi connectivity index (χ4n) is 4.57. The lowest BCUT2D eigenvalue weighted by Gasteiger charge is -2.16. The summed E-state index contributed by atoms with van der Waals surface area (Å²) in [5.41, 5.74) is 7.69. The van der Waals surface area contributed by atoms with E-state index in [0.717, 1.165) is 0 Å². The van der Waals surface area contributed by atoms with E-state index in [0.29, 0.717) is 41.2 Å². The Morgan fingerprint density at radius 3 is 2.78 bits per heavy atom. The first-order chi connectivity index (χ1) is 19.8. The summed E-state index contributed by atoms with van der Waals surface area (Å²) in [5.74, 6) is -2.18. The van der Waals surface area contributed by atoms with E-state index >= 15 is 4.39 Å². The van der Waals surface area contributed by atoms with Gasteiger partial charge < -0.3 is 25.7 Å². The fourth-order valence-corrected chi connectivity index (χ4v) is 4.57. The number of ether oxygens (including phenoxy) is 1. The van der Waals surface area contributed by atoms with Crippen LogP contribution in [0.15, 0.2) is 54.1 Å². The maximum atomic E-state index is 15.1. The Bertz CT molecular complexity index is 1450. The molecule has 1 saturated heterocycles. The monoisotopic (exact) mass is 566 g/mol. The Hall–Kier alpha value is -4.92. The first-order valence-corrected chi connectivity index (χ1v) is 12.8. The SMILES string of the molecule is NC(=O)[C@H](CCC(=O)O)NC[C@@H]1CC(c2ccc(-c3ccc(N4C[C@H](Cn5ccnn5)OC4=O)cc3F)cn2)=NO1. The van der Waals surface area contributed by atoms with Crippen molar-refractivity contribution in [3.8, 4) is 11.1 Å². The zero-order valence-electron chi connectivity index (χ0n) is 21.7. The molecule has 2 aromatic heterocycles. The topological polar surface area (TPSA) is 187 Å². The summed E-state index contributed by atoms with van der Waals surface area (Å²) in [6, 6.07) is 7.12. The van der Waals surface area contributed by atoms with Crippen molar-refractivity contribution in [3.05, 3.63) is 60.4 Å². The largest absolute Gasteiger partial charge is 0.481 e. The highest BCUT2D eigenvalue weighted by Gasteiger charge is 2.33. The van der Waals surface area contributed by atoms with Crippen LogP contribution in [0.4, 0.5) is 14.9 Å². The summed E-state index contributed by atoms with van der Waals surface area (Å²) in [6.45, 7) is 0.830. The van der Waals surface area contributed by atoms with Crippen molar-refractivity contribution in [1.82, 2.24) is 25.3 Å². The molecule has 1 aromatic carbocycles. The molecular weight excluding hydrogens is 539 g/mol. The first kappa shape index (κ1) is 27.6. The van der Waals surface area contributed by atoms with E-state index in [1.807, 2.05) is 0 Å². The molecule has 0 saturated carbocycles. The number of aromatic nitrogens is 4. The quantitative estimate of drug-likeness (QED) is 0.288. The van der Waals surface area contributed by atoms with Crippen LogP contribution in [0.25, 0.3) is 11.1 Å². The number of pyridine rings is 1. The number of oxime groups is 1. The second-order valence-corrected chi connectivity index (χ2v) is 9.60. The van der Waals surface area contributed by atoms with Crippen molar-refractivity contribution >= 4 is 29.4 Å². The number of hydrogen-bond acceptors (Lipinski definition) is 10. The number of carbonyl (C=O) groups excluding carboxylic acids is 2. The highest BCUT2D eigenvalue weighted by atomic mass is 19.1. The zero-order chi connectivity index (χ0) is 28.9. The molecule has 0 unspecified atom stereocenters. The number of cyclic esters (lactones) is 1. The predicted molar refractivity (Wildman–Crippen MR) is 141 cm³/mol. The van der Waals surface area contributed by atoms with Crippen LogP contribution >= 0.6 is 0 Å². The number of nitrogens with two attached hydrogens (primary N) is 1. The van der Waals surface area contributed by atoms with Crippen LogP contribution in [0, 0.1) is 5.82 Å². The van der Waals surface area contributed by atoms with Crippen molar-refractivity contribution in [3.63, 3.8) is 0 Å². The van der Waals surface area contributed by atoms with Crippen LogP contribution in [-0.4, -0.2) is 80.1 Å². The number of primary amides is 1. The molecule has 1 fully saturated rings. The van der Waals surface area contributed by atoms with E-state index in [4.69, 9.17) is 20.4 Å². The van der Waals surface area contributed by atoms with Gasteiger partial charge in [-0.05, 0) is 30.7 Å². The zero-order valence-corrected chi connectivity index (χ0v) is 21.7. The first-order valence-electron chi connectivity index (χ1n) is 12.8. The minimum absolute atomic E-state index is 0.0678. The Labute approximate surface area is 232 Å². The summed E-state index contributed by atoms with van der Waals surface area (Å²) in [4.78, 5) is 45.9. The number of carboxylic acids is 1. The number of nitrogens with zero attached hydrogens (tertiary/aromatic N) is 6. The Morgan fingerprint density at radius 2 is 2.10 bits per heavy atom.